The van der Waals surface area contributed by atoms with Gasteiger partial charge in [-0.05, 0) is 48.4 Å². The van der Waals surface area contributed by atoms with Crippen LogP contribution in [0.3, 0.4) is 0 Å². The van der Waals surface area contributed by atoms with Gasteiger partial charge in [-0.2, -0.15) is 0 Å². The molecular formula is C29H30N4O4. The summed E-state index contributed by atoms with van der Waals surface area (Å²) in [5.41, 5.74) is 4.36. The van der Waals surface area contributed by atoms with Gasteiger partial charge in [-0.25, -0.2) is 4.79 Å². The number of para-hydroxylation sites is 3. The molecule has 37 heavy (non-hydrogen) atoms. The van der Waals surface area contributed by atoms with Crippen molar-refractivity contribution in [1.29, 1.82) is 0 Å². The number of aryl methyl sites for hydroxylation is 1. The van der Waals surface area contributed by atoms with Gasteiger partial charge in [0.1, 0.15) is 6.54 Å². The maximum atomic E-state index is 13.1. The number of hydrogen-bond acceptors (Lipinski definition) is 4. The standard InChI is InChI=1S/C29H30N4O4/c1-4-37-26-14-13-19(15-27(26)36-3)21(22-17-30-23-10-6-5-9-20(22)23)16-31-28(34)18-33-25-12-8-7-11-24(25)32(2)29(33)35/h5-15,17,21,30H,4,16,18H2,1-3H3,(H,31,34). The van der Waals surface area contributed by atoms with Crippen molar-refractivity contribution >= 4 is 27.8 Å². The summed E-state index contributed by atoms with van der Waals surface area (Å²) in [6.45, 7) is 2.74. The van der Waals surface area contributed by atoms with Crippen LogP contribution in [0.1, 0.15) is 24.0 Å². The maximum Gasteiger partial charge on any atom is 0.329 e. The predicted octanol–water partition coefficient (Wildman–Crippen LogP) is 4.18. The minimum absolute atomic E-state index is 0.0621. The summed E-state index contributed by atoms with van der Waals surface area (Å²) < 4.78 is 14.4. The lowest BCUT2D eigenvalue weighted by Crippen LogP contribution is -2.35. The first kappa shape index (κ1) is 24.2. The molecule has 1 unspecified atom stereocenters. The van der Waals surface area contributed by atoms with Crippen LogP contribution in [-0.2, 0) is 18.4 Å². The van der Waals surface area contributed by atoms with Gasteiger partial charge in [-0.3, -0.25) is 13.9 Å². The van der Waals surface area contributed by atoms with Crippen LogP contribution in [0.5, 0.6) is 11.5 Å². The second-order valence-electron chi connectivity index (χ2n) is 8.91. The number of carbonyl (C=O) groups excluding carboxylic acids is 1. The fraction of sp³-hybridized carbons (Fsp3) is 0.241. The number of ether oxygens (including phenoxy) is 2. The third-order valence-corrected chi connectivity index (χ3v) is 6.74. The fourth-order valence-corrected chi connectivity index (χ4v) is 4.90. The Bertz CT molecular complexity index is 1630. The third-order valence-electron chi connectivity index (χ3n) is 6.74. The van der Waals surface area contributed by atoms with Gasteiger partial charge in [0.05, 0.1) is 24.8 Å². The van der Waals surface area contributed by atoms with Crippen molar-refractivity contribution in [2.24, 2.45) is 7.05 Å². The molecule has 2 heterocycles. The van der Waals surface area contributed by atoms with Crippen LogP contribution in [0.2, 0.25) is 0 Å². The van der Waals surface area contributed by atoms with E-state index in [0.717, 1.165) is 33.1 Å². The number of amides is 1. The molecule has 5 rings (SSSR count). The van der Waals surface area contributed by atoms with Gasteiger partial charge in [0.2, 0.25) is 5.91 Å². The van der Waals surface area contributed by atoms with Gasteiger partial charge in [0.15, 0.2) is 11.5 Å². The summed E-state index contributed by atoms with van der Waals surface area (Å²) in [6, 6.07) is 21.4. The van der Waals surface area contributed by atoms with Gasteiger partial charge >= 0.3 is 5.69 Å². The predicted molar refractivity (Wildman–Crippen MR) is 144 cm³/mol. The number of imidazole rings is 1. The Balaban J connectivity index is 1.46. The van der Waals surface area contributed by atoms with Gasteiger partial charge < -0.3 is 19.8 Å². The molecule has 5 aromatic rings. The number of benzene rings is 3. The van der Waals surface area contributed by atoms with Crippen molar-refractivity contribution in [3.8, 4) is 11.5 Å². The SMILES string of the molecule is CCOc1ccc(C(CNC(=O)Cn2c(=O)n(C)c3ccccc32)c2c[nH]c3ccccc23)cc1OC. The van der Waals surface area contributed by atoms with Gasteiger partial charge in [-0.15, -0.1) is 0 Å². The number of aromatic amines is 1. The molecule has 2 aromatic heterocycles. The Kier molecular flexibility index (Phi) is 6.72. The molecule has 0 radical (unpaired) electrons. The van der Waals surface area contributed by atoms with E-state index < -0.39 is 0 Å². The summed E-state index contributed by atoms with van der Waals surface area (Å²) in [6.07, 6.45) is 1.99. The number of nitrogens with one attached hydrogen (secondary N) is 2. The minimum Gasteiger partial charge on any atom is -0.493 e. The fourth-order valence-electron chi connectivity index (χ4n) is 4.90. The number of carbonyl (C=O) groups is 1. The van der Waals surface area contributed by atoms with E-state index in [1.807, 2.05) is 73.8 Å². The van der Waals surface area contributed by atoms with E-state index in [1.54, 1.807) is 18.7 Å². The maximum absolute atomic E-state index is 13.1. The molecule has 0 saturated carbocycles. The molecule has 1 atom stereocenters. The molecule has 1 amide bonds. The van der Waals surface area contributed by atoms with Crippen molar-refractivity contribution in [1.82, 2.24) is 19.4 Å². The molecule has 0 aliphatic rings. The lowest BCUT2D eigenvalue weighted by atomic mass is 9.90. The lowest BCUT2D eigenvalue weighted by molar-refractivity contribution is -0.121. The van der Waals surface area contributed by atoms with E-state index in [0.29, 0.717) is 24.7 Å². The zero-order valence-corrected chi connectivity index (χ0v) is 21.2. The van der Waals surface area contributed by atoms with E-state index in [-0.39, 0.29) is 24.1 Å². The van der Waals surface area contributed by atoms with E-state index in [2.05, 4.69) is 16.4 Å². The van der Waals surface area contributed by atoms with Crippen molar-refractivity contribution in [3.05, 3.63) is 94.5 Å². The molecule has 2 N–H and O–H groups in total. The zero-order valence-electron chi connectivity index (χ0n) is 21.2. The normalized spacial score (nSPS) is 12.1. The van der Waals surface area contributed by atoms with Crippen LogP contribution >= 0.6 is 0 Å². The summed E-state index contributed by atoms with van der Waals surface area (Å²) in [5, 5.41) is 4.15. The van der Waals surface area contributed by atoms with Crippen LogP contribution in [0.25, 0.3) is 21.9 Å². The van der Waals surface area contributed by atoms with E-state index in [9.17, 15) is 9.59 Å². The molecule has 0 bridgehead atoms. The average molecular weight is 499 g/mol. The zero-order chi connectivity index (χ0) is 25.9. The topological polar surface area (TPSA) is 90.3 Å². The van der Waals surface area contributed by atoms with Gasteiger partial charge in [0, 0.05) is 36.6 Å². The second kappa shape index (κ2) is 10.3. The van der Waals surface area contributed by atoms with Crippen LogP contribution in [0.4, 0.5) is 0 Å². The van der Waals surface area contributed by atoms with Crippen LogP contribution in [-0.4, -0.2) is 40.3 Å². The van der Waals surface area contributed by atoms with Crippen LogP contribution in [0.15, 0.2) is 77.7 Å². The first-order chi connectivity index (χ1) is 18.0. The van der Waals surface area contributed by atoms with Crippen molar-refractivity contribution in [2.75, 3.05) is 20.3 Å². The van der Waals surface area contributed by atoms with Crippen LogP contribution < -0.4 is 20.5 Å². The van der Waals surface area contributed by atoms with Gasteiger partial charge in [-0.1, -0.05) is 36.4 Å². The lowest BCUT2D eigenvalue weighted by Gasteiger charge is -2.20. The highest BCUT2D eigenvalue weighted by Crippen LogP contribution is 2.35. The minimum atomic E-state index is -0.235. The Morgan fingerprint density at radius 3 is 2.57 bits per heavy atom. The number of methoxy groups -OCH3 is 1. The highest BCUT2D eigenvalue weighted by atomic mass is 16.5. The summed E-state index contributed by atoms with van der Waals surface area (Å²) in [4.78, 5) is 29.2. The second-order valence-corrected chi connectivity index (χ2v) is 8.91. The summed E-state index contributed by atoms with van der Waals surface area (Å²) in [7, 11) is 3.33. The van der Waals surface area contributed by atoms with Crippen LogP contribution in [0, 0.1) is 0 Å². The Hall–Kier alpha value is -4.46. The smallest absolute Gasteiger partial charge is 0.329 e. The summed E-state index contributed by atoms with van der Waals surface area (Å²) >= 11 is 0. The average Bonchev–Trinajstić information content (AvgIpc) is 3.45. The molecule has 190 valence electrons. The van der Waals surface area contributed by atoms with Crippen molar-refractivity contribution in [2.45, 2.75) is 19.4 Å². The first-order valence-electron chi connectivity index (χ1n) is 12.3. The Morgan fingerprint density at radius 1 is 1.03 bits per heavy atom. The molecule has 0 aliphatic heterocycles. The first-order valence-corrected chi connectivity index (χ1v) is 12.3. The quantitative estimate of drug-likeness (QED) is 0.319. The molecule has 3 aromatic carbocycles. The largest absolute Gasteiger partial charge is 0.493 e. The van der Waals surface area contributed by atoms with E-state index >= 15 is 0 Å². The molecule has 0 aliphatic carbocycles. The summed E-state index contributed by atoms with van der Waals surface area (Å²) in [5.74, 6) is 0.915. The van der Waals surface area contributed by atoms with Crippen molar-refractivity contribution in [3.63, 3.8) is 0 Å². The molecular weight excluding hydrogens is 468 g/mol. The Morgan fingerprint density at radius 2 is 1.78 bits per heavy atom. The highest BCUT2D eigenvalue weighted by molar-refractivity contribution is 5.85. The number of H-pyrrole nitrogens is 1. The molecule has 0 spiro atoms. The van der Waals surface area contributed by atoms with Crippen molar-refractivity contribution < 1.29 is 14.3 Å². The molecule has 8 heteroatoms. The highest BCUT2D eigenvalue weighted by Gasteiger charge is 2.22. The Labute approximate surface area is 214 Å². The monoisotopic (exact) mass is 498 g/mol. The van der Waals surface area contributed by atoms with E-state index in [4.69, 9.17) is 9.47 Å². The molecule has 8 nitrogen and oxygen atoms in total. The number of nitrogens with zero attached hydrogens (tertiary/aromatic N) is 2. The van der Waals surface area contributed by atoms with Gasteiger partial charge in [0.25, 0.3) is 0 Å². The number of hydrogen-bond donors (Lipinski definition) is 2. The molecule has 0 saturated heterocycles. The third kappa shape index (κ3) is 4.58. The number of fused-ring (bicyclic) bond motifs is 2. The number of rotatable bonds is 9. The number of aromatic nitrogens is 3. The molecule has 0 fully saturated rings. The van der Waals surface area contributed by atoms with E-state index in [1.165, 1.54) is 4.57 Å².